The van der Waals surface area contributed by atoms with E-state index in [1.165, 1.54) is 24.1 Å². The van der Waals surface area contributed by atoms with E-state index in [1.54, 1.807) is 12.3 Å². The number of rotatable bonds is 5. The molecule has 2 N–H and O–H groups in total. The summed E-state index contributed by atoms with van der Waals surface area (Å²) >= 11 is 0. The fourth-order valence-corrected chi connectivity index (χ4v) is 1.86. The van der Waals surface area contributed by atoms with Gasteiger partial charge in [0.2, 0.25) is 0 Å². The third-order valence-electron chi connectivity index (χ3n) is 2.92. The first-order valence-corrected chi connectivity index (χ1v) is 6.67. The topological polar surface area (TPSA) is 68.2 Å². The molecule has 6 nitrogen and oxygen atoms in total. The Morgan fingerprint density at radius 1 is 1.39 bits per heavy atom. The number of nitrogens with one attached hydrogen (secondary N) is 2. The molecule has 9 heteroatoms. The summed E-state index contributed by atoms with van der Waals surface area (Å²) in [6.45, 7) is 0.528. The number of aromatic nitrogens is 2. The van der Waals surface area contributed by atoms with Crippen LogP contribution in [0.4, 0.5) is 23.7 Å². The lowest BCUT2D eigenvalue weighted by Crippen LogP contribution is -2.31. The van der Waals surface area contributed by atoms with Crippen LogP contribution in [-0.4, -0.2) is 36.1 Å². The van der Waals surface area contributed by atoms with E-state index in [0.717, 1.165) is 12.1 Å². The summed E-state index contributed by atoms with van der Waals surface area (Å²) in [4.78, 5) is 11.8. The monoisotopic (exact) mass is 328 g/mol. The van der Waals surface area contributed by atoms with Crippen LogP contribution >= 0.6 is 0 Å². The van der Waals surface area contributed by atoms with Gasteiger partial charge in [-0.15, -0.1) is 0 Å². The molecular formula is C14H15F3N4O2. The molecule has 0 saturated heterocycles. The number of hydrogen-bond acceptors (Lipinski definition) is 3. The van der Waals surface area contributed by atoms with Gasteiger partial charge < -0.3 is 15.4 Å². The van der Waals surface area contributed by atoms with Gasteiger partial charge in [0, 0.05) is 26.0 Å². The number of alkyl halides is 3. The molecule has 2 amide bonds. The van der Waals surface area contributed by atoms with Crippen molar-refractivity contribution in [1.82, 2.24) is 15.1 Å². The van der Waals surface area contributed by atoms with E-state index in [-0.39, 0.29) is 12.2 Å². The quantitative estimate of drug-likeness (QED) is 0.829. The van der Waals surface area contributed by atoms with E-state index < -0.39 is 17.8 Å². The van der Waals surface area contributed by atoms with Gasteiger partial charge in [0.1, 0.15) is 0 Å². The molecule has 0 bridgehead atoms. The third kappa shape index (κ3) is 4.46. The minimum absolute atomic E-state index is 0.00144. The van der Waals surface area contributed by atoms with E-state index in [1.807, 2.05) is 0 Å². The Hall–Kier alpha value is -2.55. The normalized spacial score (nSPS) is 11.3. The maximum absolute atomic E-state index is 12.9. The Labute approximate surface area is 130 Å². The highest BCUT2D eigenvalue weighted by Gasteiger charge is 2.31. The molecule has 0 saturated carbocycles. The number of carbonyl (C=O) groups excluding carboxylic acids is 1. The number of halogens is 3. The minimum Gasteiger partial charge on any atom is -0.383 e. The molecule has 1 aromatic carbocycles. The largest absolute Gasteiger partial charge is 0.416 e. The van der Waals surface area contributed by atoms with Crippen molar-refractivity contribution in [1.29, 1.82) is 0 Å². The lowest BCUT2D eigenvalue weighted by molar-refractivity contribution is -0.137. The Bertz CT molecular complexity index is 657. The van der Waals surface area contributed by atoms with Crippen molar-refractivity contribution < 1.29 is 22.7 Å². The number of ether oxygens (including phenoxy) is 1. The number of urea groups is 1. The highest BCUT2D eigenvalue weighted by atomic mass is 19.4. The number of hydrogen-bond donors (Lipinski definition) is 2. The second-order valence-electron chi connectivity index (χ2n) is 4.55. The number of nitrogens with zero attached hydrogens (tertiary/aromatic N) is 2. The van der Waals surface area contributed by atoms with E-state index in [0.29, 0.717) is 12.3 Å². The van der Waals surface area contributed by atoms with E-state index >= 15 is 0 Å². The van der Waals surface area contributed by atoms with Crippen molar-refractivity contribution in [2.75, 3.05) is 25.6 Å². The first-order chi connectivity index (χ1) is 10.9. The summed E-state index contributed by atoms with van der Waals surface area (Å²) in [6.07, 6.45) is -1.46. The van der Waals surface area contributed by atoms with Crippen LogP contribution in [0, 0.1) is 0 Å². The maximum atomic E-state index is 12.9. The van der Waals surface area contributed by atoms with Crippen molar-refractivity contribution in [3.05, 3.63) is 42.2 Å². The van der Waals surface area contributed by atoms with Crippen LogP contribution in [0.15, 0.2) is 36.7 Å². The molecule has 2 rings (SSSR count). The van der Waals surface area contributed by atoms with Crippen molar-refractivity contribution in [2.24, 2.45) is 0 Å². The number of carbonyl (C=O) groups is 1. The first-order valence-electron chi connectivity index (χ1n) is 6.67. The van der Waals surface area contributed by atoms with Crippen molar-refractivity contribution >= 4 is 11.7 Å². The fraction of sp³-hybridized carbons (Fsp3) is 0.286. The zero-order chi connectivity index (χ0) is 16.9. The molecular weight excluding hydrogens is 313 g/mol. The van der Waals surface area contributed by atoms with Crippen LogP contribution in [0.1, 0.15) is 5.56 Å². The van der Waals surface area contributed by atoms with Gasteiger partial charge in [-0.1, -0.05) is 0 Å². The van der Waals surface area contributed by atoms with Crippen molar-refractivity contribution in [3.63, 3.8) is 0 Å². The molecule has 0 spiro atoms. The molecule has 0 aliphatic heterocycles. The summed E-state index contributed by atoms with van der Waals surface area (Å²) in [6, 6.07) is 4.05. The smallest absolute Gasteiger partial charge is 0.383 e. The zero-order valence-electron chi connectivity index (χ0n) is 12.2. The summed E-state index contributed by atoms with van der Waals surface area (Å²) in [5, 5.41) is 8.85. The van der Waals surface area contributed by atoms with Crippen molar-refractivity contribution in [2.45, 2.75) is 6.18 Å². The maximum Gasteiger partial charge on any atom is 0.416 e. The summed E-state index contributed by atoms with van der Waals surface area (Å²) < 4.78 is 44.7. The Kier molecular flexibility index (Phi) is 5.22. The second kappa shape index (κ2) is 7.14. The molecule has 1 aromatic heterocycles. The third-order valence-corrected chi connectivity index (χ3v) is 2.92. The molecule has 1 heterocycles. The molecule has 124 valence electrons. The summed E-state index contributed by atoms with van der Waals surface area (Å²) in [7, 11) is 1.47. The van der Waals surface area contributed by atoms with Gasteiger partial charge in [0.25, 0.3) is 0 Å². The Morgan fingerprint density at radius 2 is 2.17 bits per heavy atom. The minimum atomic E-state index is -4.51. The average molecular weight is 328 g/mol. The Morgan fingerprint density at radius 3 is 2.78 bits per heavy atom. The van der Waals surface area contributed by atoms with Crippen molar-refractivity contribution in [3.8, 4) is 5.69 Å². The average Bonchev–Trinajstić information content (AvgIpc) is 3.00. The van der Waals surface area contributed by atoms with Crippen LogP contribution in [0.25, 0.3) is 5.69 Å². The zero-order valence-corrected chi connectivity index (χ0v) is 12.2. The van der Waals surface area contributed by atoms with Crippen LogP contribution in [0.2, 0.25) is 0 Å². The SMILES string of the molecule is COCCNC(=O)Nc1cc(C(F)(F)F)ccc1-n1cccn1. The lowest BCUT2D eigenvalue weighted by atomic mass is 10.1. The predicted molar refractivity (Wildman–Crippen MR) is 77.5 cm³/mol. The highest BCUT2D eigenvalue weighted by Crippen LogP contribution is 2.33. The molecule has 0 aliphatic carbocycles. The van der Waals surface area contributed by atoms with Crippen LogP contribution in [0.3, 0.4) is 0 Å². The molecule has 0 atom stereocenters. The number of amides is 2. The number of methoxy groups -OCH3 is 1. The fourth-order valence-electron chi connectivity index (χ4n) is 1.86. The predicted octanol–water partition coefficient (Wildman–Crippen LogP) is 2.66. The van der Waals surface area contributed by atoms with E-state index in [4.69, 9.17) is 4.74 Å². The molecule has 0 radical (unpaired) electrons. The van der Waals surface area contributed by atoms with Crippen LogP contribution in [0.5, 0.6) is 0 Å². The van der Waals surface area contributed by atoms with Gasteiger partial charge in [-0.2, -0.15) is 18.3 Å². The second-order valence-corrected chi connectivity index (χ2v) is 4.55. The standard InChI is InChI=1S/C14H15F3N4O2/c1-23-8-6-18-13(22)20-11-9-10(14(15,16)17)3-4-12(11)21-7-2-5-19-21/h2-5,7,9H,6,8H2,1H3,(H2,18,20,22). The molecule has 0 unspecified atom stereocenters. The van der Waals surface area contributed by atoms with Gasteiger partial charge in [0.05, 0.1) is 23.5 Å². The van der Waals surface area contributed by atoms with Crippen LogP contribution < -0.4 is 10.6 Å². The Balaban J connectivity index is 2.28. The lowest BCUT2D eigenvalue weighted by Gasteiger charge is -2.15. The highest BCUT2D eigenvalue weighted by molar-refractivity contribution is 5.91. The first kappa shape index (κ1) is 16.8. The summed E-state index contributed by atoms with van der Waals surface area (Å²) in [5.41, 5.74) is -0.538. The van der Waals surface area contributed by atoms with Gasteiger partial charge in [-0.05, 0) is 24.3 Å². The van der Waals surface area contributed by atoms with Gasteiger partial charge in [-0.3, -0.25) is 0 Å². The summed E-state index contributed by atoms with van der Waals surface area (Å²) in [5.74, 6) is 0. The molecule has 2 aromatic rings. The van der Waals surface area contributed by atoms with Gasteiger partial charge >= 0.3 is 12.2 Å². The molecule has 0 aliphatic rings. The van der Waals surface area contributed by atoms with E-state index in [2.05, 4.69) is 15.7 Å². The number of benzene rings is 1. The molecule has 0 fully saturated rings. The molecule has 23 heavy (non-hydrogen) atoms. The van der Waals surface area contributed by atoms with Crippen LogP contribution in [-0.2, 0) is 10.9 Å². The number of anilines is 1. The van der Waals surface area contributed by atoms with Gasteiger partial charge in [-0.25, -0.2) is 9.48 Å². The van der Waals surface area contributed by atoms with E-state index in [9.17, 15) is 18.0 Å². The van der Waals surface area contributed by atoms with Gasteiger partial charge in [0.15, 0.2) is 0 Å².